The highest BCUT2D eigenvalue weighted by Gasteiger charge is 2.39. The van der Waals surface area contributed by atoms with E-state index in [0.717, 1.165) is 58.2 Å². The van der Waals surface area contributed by atoms with E-state index < -0.39 is 15.9 Å². The molecule has 0 aromatic heterocycles. The Hall–Kier alpha value is -1.62. The van der Waals surface area contributed by atoms with Gasteiger partial charge in [0.2, 0.25) is 10.0 Å². The maximum absolute atomic E-state index is 13.5. The first-order valence-electron chi connectivity index (χ1n) is 14.9. The number of benzene rings is 1. The van der Waals surface area contributed by atoms with E-state index in [1.165, 1.54) is 4.31 Å². The molecule has 0 atom stereocenters. The van der Waals surface area contributed by atoms with Crippen LogP contribution in [0.15, 0.2) is 17.0 Å². The molecule has 2 heterocycles. The van der Waals surface area contributed by atoms with Gasteiger partial charge in [0, 0.05) is 52.0 Å². The minimum Gasteiger partial charge on any atom is -0.497 e. The van der Waals surface area contributed by atoms with E-state index in [0.29, 0.717) is 47.7 Å². The number of sulfonamides is 1. The van der Waals surface area contributed by atoms with Crippen molar-refractivity contribution in [1.82, 2.24) is 14.1 Å². The van der Waals surface area contributed by atoms with Crippen LogP contribution in [0.1, 0.15) is 68.9 Å². The smallest absolute Gasteiger partial charge is 0.261 e. The Bertz CT molecular complexity index is 1110. The lowest BCUT2D eigenvalue weighted by Crippen LogP contribution is -2.45. The van der Waals surface area contributed by atoms with Crippen LogP contribution in [-0.4, -0.2) is 93.7 Å². The van der Waals surface area contributed by atoms with Gasteiger partial charge in [0.25, 0.3) is 5.92 Å². The summed E-state index contributed by atoms with van der Waals surface area (Å²) >= 11 is 0. The first-order valence-corrected chi connectivity index (χ1v) is 16.3. The van der Waals surface area contributed by atoms with E-state index in [1.807, 2.05) is 4.90 Å². The van der Waals surface area contributed by atoms with Gasteiger partial charge in [-0.05, 0) is 101 Å². The van der Waals surface area contributed by atoms with Crippen LogP contribution in [0.5, 0.6) is 5.75 Å². The van der Waals surface area contributed by atoms with Crippen LogP contribution >= 0.6 is 0 Å². The van der Waals surface area contributed by atoms with Crippen LogP contribution < -0.4 is 4.74 Å². The fraction of sp³-hybridized carbons (Fsp3) is 0.767. The molecule has 0 spiro atoms. The largest absolute Gasteiger partial charge is 0.497 e. The first-order chi connectivity index (χ1) is 18.9. The normalized spacial score (nSPS) is 25.0. The van der Waals surface area contributed by atoms with Crippen LogP contribution in [0.2, 0.25) is 0 Å². The van der Waals surface area contributed by atoms with E-state index in [2.05, 4.69) is 4.90 Å². The van der Waals surface area contributed by atoms with Crippen LogP contribution in [0.25, 0.3) is 0 Å². The average Bonchev–Trinajstić information content (AvgIpc) is 3.25. The van der Waals surface area contributed by atoms with Crippen molar-refractivity contribution in [3.8, 4) is 5.75 Å². The van der Waals surface area contributed by atoms with Crippen molar-refractivity contribution in [1.29, 1.82) is 0 Å². The fourth-order valence-corrected chi connectivity index (χ4v) is 8.54. The third-order valence-electron chi connectivity index (χ3n) is 9.31. The Morgan fingerprint density at radius 3 is 2.20 bits per heavy atom. The Morgan fingerprint density at radius 2 is 1.65 bits per heavy atom. The molecule has 4 rings (SSSR count). The molecule has 0 amide bonds. The molecule has 1 aromatic rings. The van der Waals surface area contributed by atoms with Gasteiger partial charge < -0.3 is 9.64 Å². The zero-order valence-electron chi connectivity index (χ0n) is 24.6. The minimum atomic E-state index is -3.71. The summed E-state index contributed by atoms with van der Waals surface area (Å²) < 4.78 is 60.0. The molecule has 1 saturated carbocycles. The summed E-state index contributed by atoms with van der Waals surface area (Å²) in [5, 5.41) is 0. The third-order valence-corrected chi connectivity index (χ3v) is 11.5. The van der Waals surface area contributed by atoms with E-state index in [4.69, 9.17) is 4.74 Å². The average molecular weight is 584 g/mol. The lowest BCUT2D eigenvalue weighted by molar-refractivity contribution is -0.120. The summed E-state index contributed by atoms with van der Waals surface area (Å²) in [7, 11) is -0.608. The number of aryl methyl sites for hydroxylation is 2. The fourth-order valence-electron chi connectivity index (χ4n) is 6.96. The van der Waals surface area contributed by atoms with Crippen molar-refractivity contribution < 1.29 is 26.7 Å². The molecule has 3 aliphatic rings. The third kappa shape index (κ3) is 7.81. The van der Waals surface area contributed by atoms with E-state index in [9.17, 15) is 22.0 Å². The van der Waals surface area contributed by atoms with E-state index in [-0.39, 0.29) is 36.6 Å². The van der Waals surface area contributed by atoms with Gasteiger partial charge in [0.05, 0.1) is 18.6 Å². The molecule has 3 fully saturated rings. The molecule has 0 N–H and O–H groups in total. The first kappa shape index (κ1) is 31.3. The number of hydrogen-bond acceptors (Lipinski definition) is 6. The molecule has 226 valence electrons. The van der Waals surface area contributed by atoms with Gasteiger partial charge in [-0.1, -0.05) is 0 Å². The molecule has 7 nitrogen and oxygen atoms in total. The van der Waals surface area contributed by atoms with Gasteiger partial charge >= 0.3 is 0 Å². The number of nitrogens with zero attached hydrogens (tertiary/aromatic N) is 3. The van der Waals surface area contributed by atoms with Crippen molar-refractivity contribution in [2.75, 3.05) is 53.4 Å². The van der Waals surface area contributed by atoms with Crippen molar-refractivity contribution in [3.05, 3.63) is 23.3 Å². The molecule has 10 heteroatoms. The Morgan fingerprint density at radius 1 is 1.02 bits per heavy atom. The number of halogens is 2. The number of ketones is 1. The predicted octanol–water partition coefficient (Wildman–Crippen LogP) is 4.89. The quantitative estimate of drug-likeness (QED) is 0.370. The zero-order valence-corrected chi connectivity index (χ0v) is 25.4. The number of likely N-dealkylation sites (tertiary alicyclic amines) is 2. The lowest BCUT2D eigenvalue weighted by Gasteiger charge is -2.41. The highest BCUT2D eigenvalue weighted by molar-refractivity contribution is 7.89. The highest BCUT2D eigenvalue weighted by Crippen LogP contribution is 2.34. The number of piperidine rings is 1. The van der Waals surface area contributed by atoms with Gasteiger partial charge in [-0.2, -0.15) is 0 Å². The molecule has 0 radical (unpaired) electrons. The zero-order chi connectivity index (χ0) is 29.1. The number of hydrogen-bond donors (Lipinski definition) is 0. The minimum absolute atomic E-state index is 0.00349. The summed E-state index contributed by atoms with van der Waals surface area (Å²) in [6.45, 7) is 7.01. The molecule has 1 aliphatic carbocycles. The standard InChI is InChI=1S/C30H47F2N3O4S/c1-22-17-28(39-4)18-23(2)29(22)40(37,38)33(3)13-11-27(36)19-24-5-7-26(8-6-24)35-14-9-25(10-15-35)20-34-16-12-30(31,32)21-34/h17-18,24-26H,5-16,19-21H2,1-4H3. The number of methoxy groups -OCH3 is 1. The summed E-state index contributed by atoms with van der Waals surface area (Å²) in [6, 6.07) is 3.99. The predicted molar refractivity (Wildman–Crippen MR) is 153 cm³/mol. The van der Waals surface area contributed by atoms with E-state index >= 15 is 0 Å². The van der Waals surface area contributed by atoms with Crippen molar-refractivity contribution in [2.45, 2.75) is 88.5 Å². The monoisotopic (exact) mass is 583 g/mol. The van der Waals surface area contributed by atoms with Crippen LogP contribution in [-0.2, 0) is 14.8 Å². The van der Waals surface area contributed by atoms with Crippen molar-refractivity contribution in [2.24, 2.45) is 11.8 Å². The summed E-state index contributed by atoms with van der Waals surface area (Å²) in [5.41, 5.74) is 1.26. The van der Waals surface area contributed by atoms with Gasteiger partial charge in [0.15, 0.2) is 0 Å². The second-order valence-corrected chi connectivity index (χ2v) is 14.4. The number of Topliss-reactive ketones (excluding diaryl/α,β-unsaturated/α-hetero) is 1. The van der Waals surface area contributed by atoms with Gasteiger partial charge in [-0.3, -0.25) is 9.69 Å². The highest BCUT2D eigenvalue weighted by atomic mass is 32.2. The van der Waals surface area contributed by atoms with E-state index in [1.54, 1.807) is 40.1 Å². The molecule has 0 unspecified atom stereocenters. The molecule has 0 bridgehead atoms. The molecule has 40 heavy (non-hydrogen) atoms. The molecular formula is C30H47F2N3O4S. The van der Waals surface area contributed by atoms with Gasteiger partial charge in [0.1, 0.15) is 11.5 Å². The van der Waals surface area contributed by atoms with Crippen molar-refractivity contribution in [3.63, 3.8) is 0 Å². The summed E-state index contributed by atoms with van der Waals surface area (Å²) in [6.07, 6.45) is 7.12. The number of alkyl halides is 2. The van der Waals surface area contributed by atoms with Crippen LogP contribution in [0, 0.1) is 25.7 Å². The Kier molecular flexibility index (Phi) is 10.3. The number of carbonyl (C=O) groups excluding carboxylic acids is 1. The van der Waals surface area contributed by atoms with Crippen LogP contribution in [0.3, 0.4) is 0 Å². The number of rotatable bonds is 11. The topological polar surface area (TPSA) is 70.2 Å². The second-order valence-electron chi connectivity index (χ2n) is 12.4. The SMILES string of the molecule is COc1cc(C)c(S(=O)(=O)N(C)CCC(=O)CC2CCC(N3CCC(CN4CCC(F)(F)C4)CC3)CC2)c(C)c1. The van der Waals surface area contributed by atoms with Gasteiger partial charge in [-0.25, -0.2) is 21.5 Å². The number of carbonyl (C=O) groups is 1. The molecule has 1 aromatic carbocycles. The molecular weight excluding hydrogens is 536 g/mol. The molecule has 2 aliphatic heterocycles. The maximum Gasteiger partial charge on any atom is 0.261 e. The van der Waals surface area contributed by atoms with Gasteiger partial charge in [-0.15, -0.1) is 0 Å². The maximum atomic E-state index is 13.5. The number of ether oxygens (including phenoxy) is 1. The lowest BCUT2D eigenvalue weighted by atomic mass is 9.81. The Balaban J connectivity index is 1.16. The van der Waals surface area contributed by atoms with Crippen molar-refractivity contribution >= 4 is 15.8 Å². The van der Waals surface area contributed by atoms with Crippen LogP contribution in [0.4, 0.5) is 8.78 Å². The summed E-state index contributed by atoms with van der Waals surface area (Å²) in [5.74, 6) is -0.881. The Labute approximate surface area is 239 Å². The molecule has 2 saturated heterocycles. The summed E-state index contributed by atoms with van der Waals surface area (Å²) in [4.78, 5) is 17.6. The second kappa shape index (κ2) is 13.1.